The van der Waals surface area contributed by atoms with Gasteiger partial charge in [0, 0.05) is 6.54 Å². The number of hydrogen-bond acceptors (Lipinski definition) is 3. The second-order valence-corrected chi connectivity index (χ2v) is 6.66. The summed E-state index contributed by atoms with van der Waals surface area (Å²) in [5.74, 6) is 0. The van der Waals surface area contributed by atoms with Crippen LogP contribution >= 0.6 is 11.3 Å². The maximum Gasteiger partial charge on any atom is 0.314 e. The van der Waals surface area contributed by atoms with Gasteiger partial charge in [-0.15, -0.1) is 0 Å². The lowest BCUT2D eigenvalue weighted by Gasteiger charge is -2.24. The van der Waals surface area contributed by atoms with Crippen LogP contribution in [0, 0.1) is 5.41 Å². The molecule has 18 heavy (non-hydrogen) atoms. The lowest BCUT2D eigenvalue weighted by Crippen LogP contribution is -2.45. The van der Waals surface area contributed by atoms with Crippen molar-refractivity contribution in [1.82, 2.24) is 10.6 Å². The van der Waals surface area contributed by atoms with Crippen LogP contribution in [0.3, 0.4) is 0 Å². The monoisotopic (exact) mass is 270 g/mol. The molecule has 0 aliphatic heterocycles. The topological polar surface area (TPSA) is 61.4 Å². The van der Waals surface area contributed by atoms with E-state index in [1.54, 1.807) is 6.92 Å². The van der Waals surface area contributed by atoms with E-state index in [0.29, 0.717) is 6.54 Å². The maximum absolute atomic E-state index is 11.6. The third kappa shape index (κ3) is 5.06. The van der Waals surface area contributed by atoms with E-state index in [9.17, 15) is 9.90 Å². The fourth-order valence-electron chi connectivity index (χ4n) is 1.33. The fourth-order valence-corrected chi connectivity index (χ4v) is 2.12. The van der Waals surface area contributed by atoms with Gasteiger partial charge < -0.3 is 15.7 Å². The Balaban J connectivity index is 2.39. The van der Waals surface area contributed by atoms with Gasteiger partial charge in [-0.2, -0.15) is 11.3 Å². The van der Waals surface area contributed by atoms with Gasteiger partial charge in [-0.05, 0) is 34.7 Å². The minimum Gasteiger partial charge on any atom is -0.384 e. The summed E-state index contributed by atoms with van der Waals surface area (Å²) in [6.07, 6.45) is 0. The number of urea groups is 1. The Morgan fingerprint density at radius 1 is 1.28 bits per heavy atom. The summed E-state index contributed by atoms with van der Waals surface area (Å²) in [6.45, 7) is 8.64. The zero-order valence-electron chi connectivity index (χ0n) is 11.4. The Kier molecular flexibility index (Phi) is 4.76. The number of hydrogen-bond donors (Lipinski definition) is 3. The van der Waals surface area contributed by atoms with Gasteiger partial charge in [-0.1, -0.05) is 20.8 Å². The third-order valence-electron chi connectivity index (χ3n) is 2.52. The van der Waals surface area contributed by atoms with Gasteiger partial charge in [-0.25, -0.2) is 4.79 Å². The smallest absolute Gasteiger partial charge is 0.314 e. The van der Waals surface area contributed by atoms with Crippen LogP contribution in [-0.2, 0) is 5.60 Å². The molecule has 0 fully saturated rings. The maximum atomic E-state index is 11.6. The van der Waals surface area contributed by atoms with Gasteiger partial charge in [-0.3, -0.25) is 0 Å². The van der Waals surface area contributed by atoms with Crippen LogP contribution in [-0.4, -0.2) is 24.2 Å². The Hall–Kier alpha value is -1.07. The van der Waals surface area contributed by atoms with Crippen molar-refractivity contribution in [3.8, 4) is 0 Å². The van der Waals surface area contributed by atoms with E-state index in [1.165, 1.54) is 11.3 Å². The van der Waals surface area contributed by atoms with Crippen molar-refractivity contribution in [2.45, 2.75) is 33.3 Å². The number of carbonyl (C=O) groups is 1. The standard InChI is InChI=1S/C13H22N2O2S/c1-12(2,3)8-14-11(16)15-9-13(4,17)10-5-6-18-7-10/h5-7,17H,8-9H2,1-4H3,(H2,14,15,16). The average molecular weight is 270 g/mol. The number of amides is 2. The fraction of sp³-hybridized carbons (Fsp3) is 0.615. The van der Waals surface area contributed by atoms with E-state index < -0.39 is 5.60 Å². The van der Waals surface area contributed by atoms with Crippen LogP contribution in [0.4, 0.5) is 4.79 Å². The molecule has 0 aliphatic carbocycles. The summed E-state index contributed by atoms with van der Waals surface area (Å²) in [4.78, 5) is 11.6. The minimum atomic E-state index is -1.03. The summed E-state index contributed by atoms with van der Waals surface area (Å²) in [7, 11) is 0. The van der Waals surface area contributed by atoms with E-state index >= 15 is 0 Å². The highest BCUT2D eigenvalue weighted by atomic mass is 32.1. The summed E-state index contributed by atoms with van der Waals surface area (Å²) in [5, 5.41) is 19.5. The van der Waals surface area contributed by atoms with E-state index in [-0.39, 0.29) is 18.0 Å². The Morgan fingerprint density at radius 2 is 1.89 bits per heavy atom. The highest BCUT2D eigenvalue weighted by molar-refractivity contribution is 7.08. The van der Waals surface area contributed by atoms with Crippen LogP contribution in [0.5, 0.6) is 0 Å². The summed E-state index contributed by atoms with van der Waals surface area (Å²) < 4.78 is 0. The first-order valence-corrected chi connectivity index (χ1v) is 6.92. The number of nitrogens with one attached hydrogen (secondary N) is 2. The molecule has 0 aliphatic rings. The van der Waals surface area contributed by atoms with Crippen LogP contribution in [0.1, 0.15) is 33.3 Å². The molecular weight excluding hydrogens is 248 g/mol. The van der Waals surface area contributed by atoms with Crippen LogP contribution < -0.4 is 10.6 Å². The molecule has 0 saturated carbocycles. The third-order valence-corrected chi connectivity index (χ3v) is 3.20. The minimum absolute atomic E-state index is 0.0488. The molecular formula is C13H22N2O2S. The SMILES string of the molecule is CC(C)(C)CNC(=O)NCC(C)(O)c1ccsc1. The molecule has 1 rings (SSSR count). The first-order valence-electron chi connectivity index (χ1n) is 5.97. The van der Waals surface area contributed by atoms with Crippen molar-refractivity contribution in [1.29, 1.82) is 0 Å². The average Bonchev–Trinajstić information content (AvgIpc) is 2.76. The number of rotatable bonds is 4. The zero-order valence-corrected chi connectivity index (χ0v) is 12.2. The van der Waals surface area contributed by atoms with Crippen molar-refractivity contribution in [2.24, 2.45) is 5.41 Å². The molecule has 1 atom stereocenters. The van der Waals surface area contributed by atoms with Crippen molar-refractivity contribution >= 4 is 17.4 Å². The van der Waals surface area contributed by atoms with Gasteiger partial charge in [0.25, 0.3) is 0 Å². The number of thiophene rings is 1. The molecule has 0 saturated heterocycles. The second kappa shape index (κ2) is 5.71. The lowest BCUT2D eigenvalue weighted by molar-refractivity contribution is 0.0597. The molecule has 3 N–H and O–H groups in total. The molecule has 1 heterocycles. The quantitative estimate of drug-likeness (QED) is 0.786. The molecule has 4 nitrogen and oxygen atoms in total. The van der Waals surface area contributed by atoms with Gasteiger partial charge in [0.05, 0.1) is 6.54 Å². The van der Waals surface area contributed by atoms with Crippen molar-refractivity contribution in [3.05, 3.63) is 22.4 Å². The van der Waals surface area contributed by atoms with Crippen LogP contribution in [0.2, 0.25) is 0 Å². The Bertz CT molecular complexity index is 380. The molecule has 102 valence electrons. The normalized spacial score (nSPS) is 14.9. The molecule has 0 radical (unpaired) electrons. The Labute approximate surface area is 112 Å². The molecule has 0 aromatic carbocycles. The summed E-state index contributed by atoms with van der Waals surface area (Å²) in [6, 6.07) is 1.61. The van der Waals surface area contributed by atoms with Crippen molar-refractivity contribution in [3.63, 3.8) is 0 Å². The van der Waals surface area contributed by atoms with Crippen molar-refractivity contribution in [2.75, 3.05) is 13.1 Å². The predicted octanol–water partition coefficient (Wildman–Crippen LogP) is 2.30. The molecule has 0 spiro atoms. The van der Waals surface area contributed by atoms with E-state index in [2.05, 4.69) is 31.4 Å². The molecule has 0 bridgehead atoms. The molecule has 5 heteroatoms. The second-order valence-electron chi connectivity index (χ2n) is 5.88. The first-order chi connectivity index (χ1) is 8.21. The van der Waals surface area contributed by atoms with Gasteiger partial charge in [0.1, 0.15) is 5.60 Å². The van der Waals surface area contributed by atoms with E-state index in [4.69, 9.17) is 0 Å². The van der Waals surface area contributed by atoms with Crippen molar-refractivity contribution < 1.29 is 9.90 Å². The largest absolute Gasteiger partial charge is 0.384 e. The summed E-state index contributed by atoms with van der Waals surface area (Å²) in [5.41, 5.74) is -0.157. The molecule has 1 aromatic heterocycles. The summed E-state index contributed by atoms with van der Waals surface area (Å²) >= 11 is 1.53. The Morgan fingerprint density at radius 3 is 2.39 bits per heavy atom. The number of aliphatic hydroxyl groups is 1. The lowest BCUT2D eigenvalue weighted by atomic mass is 9.97. The molecule has 1 unspecified atom stereocenters. The van der Waals surface area contributed by atoms with E-state index in [0.717, 1.165) is 5.56 Å². The molecule has 1 aromatic rings. The predicted molar refractivity (Wildman–Crippen MR) is 74.7 cm³/mol. The van der Waals surface area contributed by atoms with Gasteiger partial charge in [0.2, 0.25) is 0 Å². The zero-order chi connectivity index (χ0) is 13.8. The highest BCUT2D eigenvalue weighted by Gasteiger charge is 2.24. The van der Waals surface area contributed by atoms with Crippen LogP contribution in [0.25, 0.3) is 0 Å². The highest BCUT2D eigenvalue weighted by Crippen LogP contribution is 2.21. The number of carbonyl (C=O) groups excluding carboxylic acids is 1. The van der Waals surface area contributed by atoms with Gasteiger partial charge in [0.15, 0.2) is 0 Å². The van der Waals surface area contributed by atoms with Gasteiger partial charge >= 0.3 is 6.03 Å². The molecule has 2 amide bonds. The first kappa shape index (κ1) is 15.0. The van der Waals surface area contributed by atoms with E-state index in [1.807, 2.05) is 16.8 Å². The van der Waals surface area contributed by atoms with Crippen LogP contribution in [0.15, 0.2) is 16.8 Å².